The molecule has 0 atom stereocenters. The third kappa shape index (κ3) is 2.77. The van der Waals surface area contributed by atoms with E-state index in [1.165, 1.54) is 0 Å². The molecule has 3 N–H and O–H groups in total. The molecule has 0 fully saturated rings. The van der Waals surface area contributed by atoms with Gasteiger partial charge in [-0.1, -0.05) is 36.4 Å². The van der Waals surface area contributed by atoms with Crippen molar-refractivity contribution in [2.75, 3.05) is 5.73 Å². The molecule has 0 aliphatic carbocycles. The minimum absolute atomic E-state index is 0. The number of nitrogens with zero attached hydrogens (tertiary/aromatic N) is 1. The Balaban J connectivity index is 0.00000133. The van der Waals surface area contributed by atoms with Gasteiger partial charge < -0.3 is 5.73 Å². The van der Waals surface area contributed by atoms with Crippen LogP contribution >= 0.6 is 12.4 Å². The fourth-order valence-corrected chi connectivity index (χ4v) is 1.89. The molecule has 3 nitrogen and oxygen atoms in total. The maximum atomic E-state index is 5.65. The van der Waals surface area contributed by atoms with Crippen LogP contribution < -0.4 is 5.73 Å². The molecule has 0 aliphatic heterocycles. The number of nitrogens with two attached hydrogens (primary N) is 1. The number of nitrogens with one attached hydrogen (secondary N) is 1. The third-order valence-corrected chi connectivity index (χ3v) is 2.87. The molecule has 4 heteroatoms. The van der Waals surface area contributed by atoms with E-state index in [4.69, 9.17) is 5.73 Å². The predicted octanol–water partition coefficient (Wildman–Crippen LogP) is 3.74. The van der Waals surface area contributed by atoms with Crippen LogP contribution in [0.5, 0.6) is 0 Å². The number of para-hydroxylation sites is 1. The Morgan fingerprint density at radius 1 is 0.947 bits per heavy atom. The molecule has 3 rings (SSSR count). The van der Waals surface area contributed by atoms with Gasteiger partial charge in [-0.15, -0.1) is 12.4 Å². The summed E-state index contributed by atoms with van der Waals surface area (Å²) in [6.07, 6.45) is 4.03. The molecule has 0 saturated heterocycles. The van der Waals surface area contributed by atoms with Crippen molar-refractivity contribution in [2.24, 2.45) is 0 Å². The Kier molecular flexibility index (Phi) is 3.88. The van der Waals surface area contributed by atoms with Crippen LogP contribution in [0.15, 0.2) is 48.5 Å². The highest BCUT2D eigenvalue weighted by atomic mass is 35.5. The lowest BCUT2D eigenvalue weighted by atomic mass is 10.1. The van der Waals surface area contributed by atoms with Gasteiger partial charge in [-0.25, -0.2) is 0 Å². The number of rotatable bonds is 2. The Bertz CT molecular complexity index is 699. The molecule has 2 aromatic carbocycles. The second-order valence-electron chi connectivity index (χ2n) is 4.15. The van der Waals surface area contributed by atoms with E-state index in [0.717, 1.165) is 27.8 Å². The Morgan fingerprint density at radius 3 is 2.47 bits per heavy atom. The zero-order valence-electron chi connectivity index (χ0n) is 10.2. The topological polar surface area (TPSA) is 54.7 Å². The van der Waals surface area contributed by atoms with Crippen LogP contribution in [0.4, 0.5) is 5.69 Å². The number of aromatic amines is 1. The number of fused-ring (bicyclic) bond motifs is 1. The maximum absolute atomic E-state index is 5.65. The molecule has 0 unspecified atom stereocenters. The Hall–Kier alpha value is -2.26. The summed E-state index contributed by atoms with van der Waals surface area (Å²) in [6.45, 7) is 0. The summed E-state index contributed by atoms with van der Waals surface area (Å²) in [7, 11) is 0. The first-order chi connectivity index (χ1) is 8.83. The van der Waals surface area contributed by atoms with Gasteiger partial charge in [0.05, 0.1) is 11.2 Å². The van der Waals surface area contributed by atoms with Crippen molar-refractivity contribution < 1.29 is 0 Å². The van der Waals surface area contributed by atoms with E-state index in [9.17, 15) is 0 Å². The van der Waals surface area contributed by atoms with Gasteiger partial charge in [-0.2, -0.15) is 5.10 Å². The number of hydrogen-bond donors (Lipinski definition) is 2. The highest BCUT2D eigenvalue weighted by Gasteiger charge is 2.00. The summed E-state index contributed by atoms with van der Waals surface area (Å²) in [5.74, 6) is 0. The van der Waals surface area contributed by atoms with Crippen molar-refractivity contribution >= 4 is 41.1 Å². The van der Waals surface area contributed by atoms with Crippen LogP contribution in [0.1, 0.15) is 11.3 Å². The minimum atomic E-state index is 0. The molecule has 19 heavy (non-hydrogen) atoms. The highest BCUT2D eigenvalue weighted by Crippen LogP contribution is 2.17. The molecule has 0 radical (unpaired) electrons. The van der Waals surface area contributed by atoms with Gasteiger partial charge in [0.15, 0.2) is 0 Å². The summed E-state index contributed by atoms with van der Waals surface area (Å²) in [5, 5.41) is 8.43. The number of anilines is 1. The molecular formula is C15H14ClN3. The molecule has 0 saturated carbocycles. The number of halogens is 1. The summed E-state index contributed by atoms with van der Waals surface area (Å²) < 4.78 is 0. The minimum Gasteiger partial charge on any atom is -0.399 e. The average Bonchev–Trinajstić information content (AvgIpc) is 2.82. The van der Waals surface area contributed by atoms with Gasteiger partial charge in [0.25, 0.3) is 0 Å². The summed E-state index contributed by atoms with van der Waals surface area (Å²) in [6, 6.07) is 15.8. The summed E-state index contributed by atoms with van der Waals surface area (Å²) >= 11 is 0. The molecule has 96 valence electrons. The Labute approximate surface area is 117 Å². The molecule has 0 bridgehead atoms. The SMILES string of the molecule is Cl.Nc1ccc(/C=C/c2n[nH]c3ccccc23)cc1. The molecule has 0 aliphatic rings. The lowest BCUT2D eigenvalue weighted by Crippen LogP contribution is -1.82. The number of nitrogen functional groups attached to an aromatic ring is 1. The van der Waals surface area contributed by atoms with Crippen LogP contribution in [0.25, 0.3) is 23.1 Å². The first-order valence-corrected chi connectivity index (χ1v) is 5.80. The van der Waals surface area contributed by atoms with Crippen molar-refractivity contribution in [1.29, 1.82) is 0 Å². The smallest absolute Gasteiger partial charge is 0.0927 e. The van der Waals surface area contributed by atoms with Crippen LogP contribution in [0, 0.1) is 0 Å². The van der Waals surface area contributed by atoms with Gasteiger partial charge in [-0.05, 0) is 29.8 Å². The highest BCUT2D eigenvalue weighted by molar-refractivity contribution is 5.89. The maximum Gasteiger partial charge on any atom is 0.0927 e. The second kappa shape index (κ2) is 5.59. The normalized spacial score (nSPS) is 10.7. The molecular weight excluding hydrogens is 258 g/mol. The first kappa shape index (κ1) is 13.2. The zero-order valence-corrected chi connectivity index (χ0v) is 11.0. The van der Waals surface area contributed by atoms with Crippen molar-refractivity contribution in [2.45, 2.75) is 0 Å². The van der Waals surface area contributed by atoms with E-state index in [1.54, 1.807) is 0 Å². The molecule has 1 heterocycles. The lowest BCUT2D eigenvalue weighted by molar-refractivity contribution is 1.11. The quantitative estimate of drug-likeness (QED) is 0.698. The van der Waals surface area contributed by atoms with E-state index >= 15 is 0 Å². The van der Waals surface area contributed by atoms with Crippen molar-refractivity contribution in [3.8, 4) is 0 Å². The summed E-state index contributed by atoms with van der Waals surface area (Å²) in [5.41, 5.74) is 9.53. The predicted molar refractivity (Wildman–Crippen MR) is 83.1 cm³/mol. The van der Waals surface area contributed by atoms with Crippen LogP contribution in [-0.2, 0) is 0 Å². The molecule has 1 aromatic heterocycles. The monoisotopic (exact) mass is 271 g/mol. The number of hydrogen-bond acceptors (Lipinski definition) is 2. The van der Waals surface area contributed by atoms with Crippen molar-refractivity contribution in [3.05, 3.63) is 59.8 Å². The standard InChI is InChI=1S/C15H13N3.ClH/c16-12-8-5-11(6-9-12)7-10-15-13-3-1-2-4-14(13)17-18-15;/h1-10H,16H2,(H,17,18);1H/b10-7+;. The average molecular weight is 272 g/mol. The largest absolute Gasteiger partial charge is 0.399 e. The van der Waals surface area contributed by atoms with Gasteiger partial charge in [0.1, 0.15) is 0 Å². The van der Waals surface area contributed by atoms with E-state index in [2.05, 4.69) is 16.3 Å². The second-order valence-corrected chi connectivity index (χ2v) is 4.15. The lowest BCUT2D eigenvalue weighted by Gasteiger charge is -1.94. The zero-order chi connectivity index (χ0) is 12.4. The first-order valence-electron chi connectivity index (χ1n) is 5.80. The van der Waals surface area contributed by atoms with Gasteiger partial charge in [0, 0.05) is 11.1 Å². The Morgan fingerprint density at radius 2 is 1.68 bits per heavy atom. The van der Waals surface area contributed by atoms with Crippen LogP contribution in [-0.4, -0.2) is 10.2 Å². The number of aromatic nitrogens is 2. The molecule has 0 spiro atoms. The van der Waals surface area contributed by atoms with Crippen LogP contribution in [0.2, 0.25) is 0 Å². The van der Waals surface area contributed by atoms with Crippen molar-refractivity contribution in [3.63, 3.8) is 0 Å². The van der Waals surface area contributed by atoms with Gasteiger partial charge in [0.2, 0.25) is 0 Å². The third-order valence-electron chi connectivity index (χ3n) is 2.87. The fourth-order valence-electron chi connectivity index (χ4n) is 1.89. The fraction of sp³-hybridized carbons (Fsp3) is 0. The van der Waals surface area contributed by atoms with Gasteiger partial charge in [-0.3, -0.25) is 5.10 Å². The van der Waals surface area contributed by atoms with Gasteiger partial charge >= 0.3 is 0 Å². The van der Waals surface area contributed by atoms with E-state index in [1.807, 2.05) is 54.6 Å². The van der Waals surface area contributed by atoms with E-state index in [0.29, 0.717) is 0 Å². The summed E-state index contributed by atoms with van der Waals surface area (Å²) in [4.78, 5) is 0. The number of benzene rings is 2. The van der Waals surface area contributed by atoms with Crippen LogP contribution in [0.3, 0.4) is 0 Å². The molecule has 0 amide bonds. The number of H-pyrrole nitrogens is 1. The molecule has 3 aromatic rings. The van der Waals surface area contributed by atoms with Crippen molar-refractivity contribution in [1.82, 2.24) is 10.2 Å². The van der Waals surface area contributed by atoms with E-state index < -0.39 is 0 Å². The van der Waals surface area contributed by atoms with E-state index in [-0.39, 0.29) is 12.4 Å².